The van der Waals surface area contributed by atoms with Gasteiger partial charge in [0.25, 0.3) is 5.56 Å². The average molecular weight is 431 g/mol. The molecule has 1 aromatic carbocycles. The molecular weight excluding hydrogens is 416 g/mol. The molecule has 1 aliphatic rings. The van der Waals surface area contributed by atoms with Gasteiger partial charge >= 0.3 is 0 Å². The maximum absolute atomic E-state index is 12.8. The minimum Gasteiger partial charge on any atom is -0.325 e. The van der Waals surface area contributed by atoms with E-state index in [0.717, 1.165) is 35.0 Å². The zero-order chi connectivity index (χ0) is 19.8. The Morgan fingerprint density at radius 2 is 2.29 bits per heavy atom. The van der Waals surface area contributed by atoms with Crippen molar-refractivity contribution < 1.29 is 4.79 Å². The van der Waals surface area contributed by atoms with Gasteiger partial charge in [-0.3, -0.25) is 14.2 Å². The minimum absolute atomic E-state index is 0.0498. The van der Waals surface area contributed by atoms with Gasteiger partial charge < -0.3 is 5.32 Å². The van der Waals surface area contributed by atoms with Crippen LogP contribution in [0.15, 0.2) is 28.2 Å². The summed E-state index contributed by atoms with van der Waals surface area (Å²) in [6.45, 7) is 0. The SMILES string of the molecule is Cn1c(SCC(=O)Nc2ccc(C#N)c(Cl)c2)nc2sc3c(c2c1=O)CCC3. The molecule has 0 atom stereocenters. The van der Waals surface area contributed by atoms with Gasteiger partial charge in [0.1, 0.15) is 10.9 Å². The molecule has 9 heteroatoms. The van der Waals surface area contributed by atoms with Gasteiger partial charge in [0, 0.05) is 17.6 Å². The number of carbonyl (C=O) groups excluding carboxylic acids is 1. The van der Waals surface area contributed by atoms with Gasteiger partial charge in [-0.05, 0) is 43.0 Å². The molecule has 2 aromatic heterocycles. The predicted octanol–water partition coefficient (Wildman–Crippen LogP) is 3.74. The van der Waals surface area contributed by atoms with Crippen LogP contribution < -0.4 is 10.9 Å². The number of thioether (sulfide) groups is 1. The molecule has 0 bridgehead atoms. The summed E-state index contributed by atoms with van der Waals surface area (Å²) in [5, 5.41) is 13.2. The van der Waals surface area contributed by atoms with Crippen molar-refractivity contribution in [1.29, 1.82) is 5.26 Å². The first-order chi connectivity index (χ1) is 13.5. The van der Waals surface area contributed by atoms with Crippen LogP contribution in [0.5, 0.6) is 0 Å². The van der Waals surface area contributed by atoms with E-state index in [1.54, 1.807) is 30.5 Å². The minimum atomic E-state index is -0.242. The molecule has 0 aliphatic heterocycles. The molecule has 6 nitrogen and oxygen atoms in total. The lowest BCUT2D eigenvalue weighted by Crippen LogP contribution is -2.21. The van der Waals surface area contributed by atoms with Crippen LogP contribution in [0.25, 0.3) is 10.2 Å². The Balaban J connectivity index is 1.50. The fourth-order valence-corrected chi connectivity index (χ4v) is 5.54. The van der Waals surface area contributed by atoms with Crippen LogP contribution in [-0.4, -0.2) is 21.2 Å². The number of fused-ring (bicyclic) bond motifs is 3. The summed E-state index contributed by atoms with van der Waals surface area (Å²) in [6, 6.07) is 6.69. The van der Waals surface area contributed by atoms with Crippen LogP contribution >= 0.6 is 34.7 Å². The van der Waals surface area contributed by atoms with Gasteiger partial charge in [0.05, 0.1) is 21.7 Å². The number of amides is 1. The molecule has 0 unspecified atom stereocenters. The first-order valence-corrected chi connectivity index (χ1v) is 10.8. The van der Waals surface area contributed by atoms with Crippen molar-refractivity contribution >= 4 is 56.5 Å². The van der Waals surface area contributed by atoms with Crippen molar-refractivity contribution in [1.82, 2.24) is 9.55 Å². The van der Waals surface area contributed by atoms with E-state index < -0.39 is 0 Å². The van der Waals surface area contributed by atoms with Gasteiger partial charge in [-0.1, -0.05) is 23.4 Å². The van der Waals surface area contributed by atoms with E-state index in [9.17, 15) is 9.59 Å². The van der Waals surface area contributed by atoms with Crippen LogP contribution in [0, 0.1) is 11.3 Å². The number of hydrogen-bond acceptors (Lipinski definition) is 6. The van der Waals surface area contributed by atoms with Gasteiger partial charge in [-0.15, -0.1) is 11.3 Å². The van der Waals surface area contributed by atoms with E-state index in [0.29, 0.717) is 16.4 Å². The number of rotatable bonds is 4. The first-order valence-electron chi connectivity index (χ1n) is 8.61. The summed E-state index contributed by atoms with van der Waals surface area (Å²) in [4.78, 5) is 31.7. The molecule has 0 saturated carbocycles. The molecule has 0 spiro atoms. The standard InChI is InChI=1S/C19H15ClN4O2S2/c1-24-18(26)16-12-3-2-4-14(12)28-17(16)23-19(24)27-9-15(25)22-11-6-5-10(8-21)13(20)7-11/h5-7H,2-4,9H2,1H3,(H,22,25). The van der Waals surface area contributed by atoms with Crippen LogP contribution in [0.3, 0.4) is 0 Å². The van der Waals surface area contributed by atoms with Crippen molar-refractivity contribution in [3.8, 4) is 6.07 Å². The fraction of sp³-hybridized carbons (Fsp3) is 0.263. The predicted molar refractivity (Wildman–Crippen MR) is 112 cm³/mol. The molecule has 0 saturated heterocycles. The third-order valence-electron chi connectivity index (χ3n) is 4.61. The van der Waals surface area contributed by atoms with E-state index >= 15 is 0 Å². The van der Waals surface area contributed by atoms with Crippen molar-refractivity contribution in [2.45, 2.75) is 24.4 Å². The quantitative estimate of drug-likeness (QED) is 0.503. The Kier molecular flexibility index (Phi) is 5.15. The molecule has 2 heterocycles. The molecule has 4 rings (SSSR count). The number of hydrogen-bond donors (Lipinski definition) is 1. The van der Waals surface area contributed by atoms with Gasteiger partial charge in [-0.2, -0.15) is 5.26 Å². The van der Waals surface area contributed by atoms with Crippen LogP contribution in [0.2, 0.25) is 5.02 Å². The van der Waals surface area contributed by atoms with Crippen molar-refractivity contribution in [3.63, 3.8) is 0 Å². The second kappa shape index (κ2) is 7.59. The molecule has 3 aromatic rings. The smallest absolute Gasteiger partial charge is 0.262 e. The molecule has 142 valence electrons. The van der Waals surface area contributed by atoms with Crippen molar-refractivity contribution in [2.75, 3.05) is 11.1 Å². The molecular formula is C19H15ClN4O2S2. The Labute approximate surface area is 174 Å². The lowest BCUT2D eigenvalue weighted by Gasteiger charge is -2.09. The summed E-state index contributed by atoms with van der Waals surface area (Å²) < 4.78 is 1.52. The van der Waals surface area contributed by atoms with E-state index in [4.69, 9.17) is 16.9 Å². The normalized spacial score (nSPS) is 12.8. The topological polar surface area (TPSA) is 87.8 Å². The molecule has 1 amide bonds. The number of benzene rings is 1. The van der Waals surface area contributed by atoms with Crippen molar-refractivity contribution in [2.24, 2.45) is 7.05 Å². The van der Waals surface area contributed by atoms with Crippen LogP contribution in [0.4, 0.5) is 5.69 Å². The van der Waals surface area contributed by atoms with E-state index in [1.165, 1.54) is 27.3 Å². The molecule has 28 heavy (non-hydrogen) atoms. The third-order valence-corrected chi connectivity index (χ3v) is 7.14. The summed E-state index contributed by atoms with van der Waals surface area (Å²) in [5.41, 5.74) is 1.97. The number of nitriles is 1. The Morgan fingerprint density at radius 1 is 1.46 bits per heavy atom. The second-order valence-corrected chi connectivity index (χ2v) is 8.87. The highest BCUT2D eigenvalue weighted by atomic mass is 35.5. The van der Waals surface area contributed by atoms with Gasteiger partial charge in [0.2, 0.25) is 5.91 Å². The second-order valence-electron chi connectivity index (χ2n) is 6.44. The molecule has 1 aliphatic carbocycles. The fourth-order valence-electron chi connectivity index (χ4n) is 3.25. The lowest BCUT2D eigenvalue weighted by atomic mass is 10.2. The average Bonchev–Trinajstić information content (AvgIpc) is 3.24. The summed E-state index contributed by atoms with van der Waals surface area (Å²) >= 11 is 8.79. The van der Waals surface area contributed by atoms with E-state index in [1.807, 2.05) is 6.07 Å². The molecule has 1 N–H and O–H groups in total. The Bertz CT molecular complexity index is 1210. The first kappa shape index (κ1) is 19.0. The zero-order valence-electron chi connectivity index (χ0n) is 14.9. The summed E-state index contributed by atoms with van der Waals surface area (Å²) in [6.07, 6.45) is 3.04. The zero-order valence-corrected chi connectivity index (χ0v) is 17.3. The van der Waals surface area contributed by atoms with Crippen LogP contribution in [-0.2, 0) is 24.7 Å². The monoisotopic (exact) mass is 430 g/mol. The largest absolute Gasteiger partial charge is 0.325 e. The summed E-state index contributed by atoms with van der Waals surface area (Å²) in [7, 11) is 1.69. The highest BCUT2D eigenvalue weighted by Crippen LogP contribution is 2.35. The van der Waals surface area contributed by atoms with E-state index in [2.05, 4.69) is 10.3 Å². The number of halogens is 1. The molecule has 0 fully saturated rings. The number of aryl methyl sites for hydroxylation is 2. The molecule has 0 radical (unpaired) electrons. The highest BCUT2D eigenvalue weighted by molar-refractivity contribution is 7.99. The Morgan fingerprint density at radius 3 is 3.04 bits per heavy atom. The number of nitrogens with one attached hydrogen (secondary N) is 1. The van der Waals surface area contributed by atoms with Crippen molar-refractivity contribution in [3.05, 3.63) is 49.6 Å². The third kappa shape index (κ3) is 3.41. The lowest BCUT2D eigenvalue weighted by molar-refractivity contribution is -0.113. The highest BCUT2D eigenvalue weighted by Gasteiger charge is 2.22. The number of nitrogens with zero attached hydrogens (tertiary/aromatic N) is 3. The number of aromatic nitrogens is 2. The van der Waals surface area contributed by atoms with E-state index in [-0.39, 0.29) is 22.2 Å². The maximum atomic E-state index is 12.8. The Hall–Kier alpha value is -2.34. The number of thiophene rings is 1. The maximum Gasteiger partial charge on any atom is 0.262 e. The van der Waals surface area contributed by atoms with Gasteiger partial charge in [0.15, 0.2) is 5.16 Å². The van der Waals surface area contributed by atoms with Gasteiger partial charge in [-0.25, -0.2) is 4.98 Å². The number of anilines is 1. The number of carbonyl (C=O) groups is 1. The summed E-state index contributed by atoms with van der Waals surface area (Å²) in [5.74, 6) is -0.136. The van der Waals surface area contributed by atoms with Crippen LogP contribution in [0.1, 0.15) is 22.4 Å².